The topological polar surface area (TPSA) is 43.8 Å². The normalized spacial score (nSPS) is 12.7. The van der Waals surface area contributed by atoms with Gasteiger partial charge in [0.25, 0.3) is 0 Å². The number of nitrogens with zero attached hydrogens (tertiary/aromatic N) is 2. The van der Waals surface area contributed by atoms with Gasteiger partial charge in [0.1, 0.15) is 5.82 Å². The Morgan fingerprint density at radius 1 is 1.33 bits per heavy atom. The van der Waals surface area contributed by atoms with Gasteiger partial charge in [0.2, 0.25) is 0 Å². The summed E-state index contributed by atoms with van der Waals surface area (Å²) >= 11 is 0. The number of hydrogen-bond donors (Lipinski definition) is 1. The number of aromatic nitrogens is 2. The predicted octanol–water partition coefficient (Wildman–Crippen LogP) is 1.90. The maximum Gasteiger partial charge on any atom is 0.139 e. The summed E-state index contributed by atoms with van der Waals surface area (Å²) in [5, 5.41) is 0. The highest BCUT2D eigenvalue weighted by atomic mass is 15.1. The molecule has 2 rings (SSSR count). The standard InChI is InChI=1S/C12H15N3/c1-10(13)9-15-8-7-14-12(15)11-5-3-2-4-6-11/h2-8,10H,9,13H2,1H3/t10-/m0/s1. The van der Waals surface area contributed by atoms with E-state index >= 15 is 0 Å². The zero-order valence-electron chi connectivity index (χ0n) is 8.80. The summed E-state index contributed by atoms with van der Waals surface area (Å²) in [4.78, 5) is 4.35. The van der Waals surface area contributed by atoms with Crippen LogP contribution in [0.1, 0.15) is 6.92 Å². The van der Waals surface area contributed by atoms with Crippen molar-refractivity contribution in [1.82, 2.24) is 9.55 Å². The summed E-state index contributed by atoms with van der Waals surface area (Å²) in [5.41, 5.74) is 6.91. The van der Waals surface area contributed by atoms with Crippen LogP contribution in [0.4, 0.5) is 0 Å². The molecule has 1 heterocycles. The summed E-state index contributed by atoms with van der Waals surface area (Å²) in [5.74, 6) is 0.980. The molecule has 0 unspecified atom stereocenters. The van der Waals surface area contributed by atoms with Crippen LogP contribution in [0.2, 0.25) is 0 Å². The summed E-state index contributed by atoms with van der Waals surface area (Å²) in [6.45, 7) is 2.79. The molecule has 0 spiro atoms. The summed E-state index contributed by atoms with van der Waals surface area (Å²) in [6.07, 6.45) is 3.77. The molecular weight excluding hydrogens is 186 g/mol. The van der Waals surface area contributed by atoms with Gasteiger partial charge in [-0.05, 0) is 6.92 Å². The molecule has 2 N–H and O–H groups in total. The van der Waals surface area contributed by atoms with Gasteiger partial charge < -0.3 is 10.3 Å². The third-order valence-electron chi connectivity index (χ3n) is 2.23. The highest BCUT2D eigenvalue weighted by Crippen LogP contribution is 2.16. The van der Waals surface area contributed by atoms with Crippen LogP contribution in [0.3, 0.4) is 0 Å². The quantitative estimate of drug-likeness (QED) is 0.824. The monoisotopic (exact) mass is 201 g/mol. The molecule has 1 aromatic heterocycles. The maximum atomic E-state index is 5.78. The fourth-order valence-corrected chi connectivity index (χ4v) is 1.61. The van der Waals surface area contributed by atoms with Gasteiger partial charge in [0.15, 0.2) is 0 Å². The molecule has 0 saturated heterocycles. The Balaban J connectivity index is 2.33. The first-order chi connectivity index (χ1) is 7.27. The SMILES string of the molecule is C[C@H](N)Cn1ccnc1-c1ccccc1. The second kappa shape index (κ2) is 4.28. The molecule has 3 heteroatoms. The van der Waals surface area contributed by atoms with Crippen molar-refractivity contribution in [2.45, 2.75) is 19.5 Å². The third-order valence-corrected chi connectivity index (χ3v) is 2.23. The number of benzene rings is 1. The Labute approximate surface area is 89.6 Å². The fourth-order valence-electron chi connectivity index (χ4n) is 1.61. The Morgan fingerprint density at radius 2 is 2.07 bits per heavy atom. The van der Waals surface area contributed by atoms with Gasteiger partial charge >= 0.3 is 0 Å². The van der Waals surface area contributed by atoms with E-state index in [0.29, 0.717) is 0 Å². The van der Waals surface area contributed by atoms with Crippen molar-refractivity contribution in [3.8, 4) is 11.4 Å². The third kappa shape index (κ3) is 2.25. The Morgan fingerprint density at radius 3 is 2.73 bits per heavy atom. The van der Waals surface area contributed by atoms with Crippen LogP contribution >= 0.6 is 0 Å². The lowest BCUT2D eigenvalue weighted by Gasteiger charge is -2.10. The Hall–Kier alpha value is -1.61. The van der Waals surface area contributed by atoms with Gasteiger partial charge in [-0.25, -0.2) is 4.98 Å². The van der Waals surface area contributed by atoms with Crippen molar-refractivity contribution < 1.29 is 0 Å². The summed E-state index contributed by atoms with van der Waals surface area (Å²) in [6, 6.07) is 10.3. The van der Waals surface area contributed by atoms with Crippen molar-refractivity contribution in [3.63, 3.8) is 0 Å². The van der Waals surface area contributed by atoms with Crippen molar-refractivity contribution in [2.75, 3.05) is 0 Å². The lowest BCUT2D eigenvalue weighted by atomic mass is 10.2. The van der Waals surface area contributed by atoms with Crippen LogP contribution in [-0.4, -0.2) is 15.6 Å². The lowest BCUT2D eigenvalue weighted by Crippen LogP contribution is -2.22. The van der Waals surface area contributed by atoms with Crippen molar-refractivity contribution in [1.29, 1.82) is 0 Å². The van der Waals surface area contributed by atoms with E-state index in [-0.39, 0.29) is 6.04 Å². The van der Waals surface area contributed by atoms with E-state index in [2.05, 4.69) is 21.7 Å². The molecule has 0 aliphatic carbocycles. The van der Waals surface area contributed by atoms with Crippen LogP contribution < -0.4 is 5.73 Å². The average Bonchev–Trinajstić information content (AvgIpc) is 2.66. The van der Waals surface area contributed by atoms with Crippen molar-refractivity contribution in [3.05, 3.63) is 42.7 Å². The van der Waals surface area contributed by atoms with E-state index in [9.17, 15) is 0 Å². The lowest BCUT2D eigenvalue weighted by molar-refractivity contribution is 0.594. The highest BCUT2D eigenvalue weighted by molar-refractivity contribution is 5.55. The van der Waals surface area contributed by atoms with Gasteiger partial charge in [-0.3, -0.25) is 0 Å². The molecule has 0 radical (unpaired) electrons. The number of nitrogens with two attached hydrogens (primary N) is 1. The number of rotatable bonds is 3. The molecule has 78 valence electrons. The Bertz CT molecular complexity index is 417. The van der Waals surface area contributed by atoms with Gasteiger partial charge in [0, 0.05) is 30.5 Å². The predicted molar refractivity (Wildman–Crippen MR) is 61.3 cm³/mol. The van der Waals surface area contributed by atoms with E-state index in [1.807, 2.05) is 37.5 Å². The summed E-state index contributed by atoms with van der Waals surface area (Å²) in [7, 11) is 0. The van der Waals surface area contributed by atoms with Crippen LogP contribution in [0.15, 0.2) is 42.7 Å². The Kier molecular flexibility index (Phi) is 2.83. The van der Waals surface area contributed by atoms with Crippen LogP contribution in [-0.2, 0) is 6.54 Å². The minimum atomic E-state index is 0.140. The molecule has 0 fully saturated rings. The van der Waals surface area contributed by atoms with Crippen molar-refractivity contribution in [2.24, 2.45) is 5.73 Å². The van der Waals surface area contributed by atoms with Crippen molar-refractivity contribution >= 4 is 0 Å². The molecule has 0 amide bonds. The van der Waals surface area contributed by atoms with Gasteiger partial charge in [-0.2, -0.15) is 0 Å². The minimum absolute atomic E-state index is 0.140. The number of imidazole rings is 1. The molecular formula is C12H15N3. The molecule has 0 bridgehead atoms. The average molecular weight is 201 g/mol. The maximum absolute atomic E-state index is 5.78. The molecule has 1 aromatic carbocycles. The molecule has 15 heavy (non-hydrogen) atoms. The molecule has 0 aliphatic rings. The van der Waals surface area contributed by atoms with Crippen LogP contribution in [0, 0.1) is 0 Å². The van der Waals surface area contributed by atoms with E-state index in [1.165, 1.54) is 0 Å². The second-order valence-corrected chi connectivity index (χ2v) is 3.75. The van der Waals surface area contributed by atoms with E-state index in [0.717, 1.165) is 17.9 Å². The number of hydrogen-bond acceptors (Lipinski definition) is 2. The van der Waals surface area contributed by atoms with E-state index in [4.69, 9.17) is 5.73 Å². The zero-order valence-corrected chi connectivity index (χ0v) is 8.80. The first kappa shape index (κ1) is 9.93. The van der Waals surface area contributed by atoms with E-state index < -0.39 is 0 Å². The first-order valence-corrected chi connectivity index (χ1v) is 5.09. The highest BCUT2D eigenvalue weighted by Gasteiger charge is 2.05. The second-order valence-electron chi connectivity index (χ2n) is 3.75. The zero-order chi connectivity index (χ0) is 10.7. The van der Waals surface area contributed by atoms with Crippen LogP contribution in [0.25, 0.3) is 11.4 Å². The molecule has 3 nitrogen and oxygen atoms in total. The molecule has 0 saturated carbocycles. The van der Waals surface area contributed by atoms with E-state index in [1.54, 1.807) is 0 Å². The fraction of sp³-hybridized carbons (Fsp3) is 0.250. The summed E-state index contributed by atoms with van der Waals surface area (Å²) < 4.78 is 2.08. The smallest absolute Gasteiger partial charge is 0.139 e. The van der Waals surface area contributed by atoms with Gasteiger partial charge in [0.05, 0.1) is 0 Å². The van der Waals surface area contributed by atoms with Gasteiger partial charge in [-0.1, -0.05) is 30.3 Å². The minimum Gasteiger partial charge on any atom is -0.329 e. The molecule has 1 atom stereocenters. The van der Waals surface area contributed by atoms with Crippen LogP contribution in [0.5, 0.6) is 0 Å². The van der Waals surface area contributed by atoms with Gasteiger partial charge in [-0.15, -0.1) is 0 Å². The largest absolute Gasteiger partial charge is 0.329 e. The molecule has 2 aromatic rings. The molecule has 0 aliphatic heterocycles. The first-order valence-electron chi connectivity index (χ1n) is 5.09.